The molecule has 3 N–H and O–H groups in total. The number of piperidine rings is 2. The van der Waals surface area contributed by atoms with E-state index in [1.807, 2.05) is 21.9 Å². The van der Waals surface area contributed by atoms with Crippen LogP contribution >= 0.6 is 0 Å². The van der Waals surface area contributed by atoms with Gasteiger partial charge in [-0.1, -0.05) is 12.1 Å². The van der Waals surface area contributed by atoms with Gasteiger partial charge in [0.25, 0.3) is 0 Å². The number of aromatic nitrogens is 2. The summed E-state index contributed by atoms with van der Waals surface area (Å²) in [6, 6.07) is 5.73. The van der Waals surface area contributed by atoms with Crippen LogP contribution in [0.1, 0.15) is 53.2 Å². The molecular weight excluding hydrogens is 512 g/mol. The average Bonchev–Trinajstić information content (AvgIpc) is 3.53. The van der Waals surface area contributed by atoms with E-state index >= 15 is 0 Å². The van der Waals surface area contributed by atoms with Gasteiger partial charge in [0.2, 0.25) is 0 Å². The topological polar surface area (TPSA) is 126 Å². The predicted octanol–water partition coefficient (Wildman–Crippen LogP) is 2.32. The Labute approximate surface area is 234 Å². The summed E-state index contributed by atoms with van der Waals surface area (Å²) in [5, 5.41) is 12.3. The van der Waals surface area contributed by atoms with E-state index < -0.39 is 0 Å². The molecule has 4 aliphatic rings. The van der Waals surface area contributed by atoms with Gasteiger partial charge >= 0.3 is 12.1 Å². The van der Waals surface area contributed by atoms with Crippen LogP contribution in [0.25, 0.3) is 11.3 Å². The summed E-state index contributed by atoms with van der Waals surface area (Å²) >= 11 is 0. The molecule has 0 saturated carbocycles. The Bertz CT molecular complexity index is 1270. The van der Waals surface area contributed by atoms with Crippen LogP contribution in [0.3, 0.4) is 0 Å². The summed E-state index contributed by atoms with van der Waals surface area (Å²) in [7, 11) is 4.20. The number of amides is 4. The quantitative estimate of drug-likeness (QED) is 0.455. The minimum atomic E-state index is -0.389. The van der Waals surface area contributed by atoms with Crippen molar-refractivity contribution in [1.29, 1.82) is 0 Å². The van der Waals surface area contributed by atoms with Crippen LogP contribution in [0.2, 0.25) is 0 Å². The van der Waals surface area contributed by atoms with Gasteiger partial charge in [-0.2, -0.15) is 5.10 Å². The van der Waals surface area contributed by atoms with Gasteiger partial charge in [-0.3, -0.25) is 15.3 Å². The van der Waals surface area contributed by atoms with Crippen LogP contribution in [0.5, 0.6) is 0 Å². The zero-order valence-corrected chi connectivity index (χ0v) is 23.2. The number of hydrogen-bond acceptors (Lipinski definition) is 7. The van der Waals surface area contributed by atoms with E-state index in [9.17, 15) is 14.4 Å². The third-order valence-electron chi connectivity index (χ3n) is 8.72. The maximum Gasteiger partial charge on any atom is 0.333 e. The first-order chi connectivity index (χ1) is 19.4. The number of urea groups is 2. The smallest absolute Gasteiger partial charge is 0.333 e. The van der Waals surface area contributed by atoms with Gasteiger partial charge in [0.05, 0.1) is 41.4 Å². The van der Waals surface area contributed by atoms with Crippen molar-refractivity contribution in [2.45, 2.75) is 37.6 Å². The molecule has 3 fully saturated rings. The summed E-state index contributed by atoms with van der Waals surface area (Å²) in [5.41, 5.74) is 6.59. The molecular formula is C28H38N8O4. The normalized spacial score (nSPS) is 20.5. The molecule has 0 bridgehead atoms. The summed E-state index contributed by atoms with van der Waals surface area (Å²) in [6.45, 7) is 5.22. The Kier molecular flexibility index (Phi) is 7.47. The minimum Gasteiger partial charge on any atom is -0.379 e. The Morgan fingerprint density at radius 1 is 0.975 bits per heavy atom. The van der Waals surface area contributed by atoms with Crippen molar-refractivity contribution < 1.29 is 19.1 Å². The Morgan fingerprint density at radius 2 is 1.65 bits per heavy atom. The molecule has 6 rings (SSSR count). The lowest BCUT2D eigenvalue weighted by molar-refractivity contribution is 0.0207. The highest BCUT2D eigenvalue weighted by molar-refractivity contribution is 6.25. The van der Waals surface area contributed by atoms with Crippen molar-refractivity contribution in [3.63, 3.8) is 0 Å². The molecule has 2 aromatic rings. The molecule has 40 heavy (non-hydrogen) atoms. The van der Waals surface area contributed by atoms with Gasteiger partial charge in [0.1, 0.15) is 0 Å². The largest absolute Gasteiger partial charge is 0.379 e. The zero-order valence-electron chi connectivity index (χ0n) is 23.2. The number of morpholine rings is 1. The standard InChI is InChI=1S/C28H38N8O4/c1-33(2)19-8-12-35(13-9-19)28(39)34-10-6-18(7-11-34)24-23-25(31-30-24)20-4-3-5-21(22(20)26(23)37)29-27(38)32-36-14-16-40-17-15-36/h3-5,18-19H,6-17H2,1-2H3,(H,30,31)(H2,29,32,38). The number of ketones is 1. The lowest BCUT2D eigenvalue weighted by Crippen LogP contribution is -2.51. The van der Waals surface area contributed by atoms with Gasteiger partial charge in [0.15, 0.2) is 5.78 Å². The second-order valence-corrected chi connectivity index (χ2v) is 11.3. The van der Waals surface area contributed by atoms with Gasteiger partial charge < -0.3 is 24.8 Å². The number of anilines is 1. The number of carbonyl (C=O) groups is 3. The second-order valence-electron chi connectivity index (χ2n) is 11.3. The maximum atomic E-state index is 13.7. The summed E-state index contributed by atoms with van der Waals surface area (Å²) in [5.74, 6) is -0.0406. The van der Waals surface area contributed by atoms with Crippen LogP contribution in [-0.4, -0.2) is 120 Å². The second kappa shape index (κ2) is 11.2. The lowest BCUT2D eigenvalue weighted by Gasteiger charge is -2.39. The molecule has 0 atom stereocenters. The summed E-state index contributed by atoms with van der Waals surface area (Å²) in [4.78, 5) is 45.8. The van der Waals surface area contributed by atoms with E-state index in [2.05, 4.69) is 39.9 Å². The number of carbonyl (C=O) groups excluding carboxylic acids is 3. The maximum absolute atomic E-state index is 13.7. The molecule has 214 valence electrons. The number of aromatic amines is 1. The third kappa shape index (κ3) is 5.06. The van der Waals surface area contributed by atoms with Crippen LogP contribution in [0.4, 0.5) is 15.3 Å². The molecule has 12 nitrogen and oxygen atoms in total. The number of hydrazine groups is 1. The molecule has 3 aliphatic heterocycles. The van der Waals surface area contributed by atoms with E-state index in [4.69, 9.17) is 4.74 Å². The molecule has 1 aromatic carbocycles. The zero-order chi connectivity index (χ0) is 27.8. The van der Waals surface area contributed by atoms with Crippen molar-refractivity contribution in [3.8, 4) is 11.3 Å². The van der Waals surface area contributed by atoms with E-state index in [-0.39, 0.29) is 23.8 Å². The van der Waals surface area contributed by atoms with E-state index in [0.29, 0.717) is 67.9 Å². The van der Waals surface area contributed by atoms with Gasteiger partial charge in [-0.15, -0.1) is 0 Å². The lowest BCUT2D eigenvalue weighted by atomic mass is 9.90. The average molecular weight is 551 g/mol. The van der Waals surface area contributed by atoms with E-state index in [1.165, 1.54) is 0 Å². The van der Waals surface area contributed by atoms with Crippen molar-refractivity contribution in [3.05, 3.63) is 35.0 Å². The fourth-order valence-corrected chi connectivity index (χ4v) is 6.40. The molecule has 0 spiro atoms. The molecule has 4 amide bonds. The van der Waals surface area contributed by atoms with Crippen molar-refractivity contribution in [2.24, 2.45) is 0 Å². The summed E-state index contributed by atoms with van der Waals surface area (Å²) < 4.78 is 5.33. The number of fused-ring (bicyclic) bond motifs is 3. The molecule has 1 aliphatic carbocycles. The highest BCUT2D eigenvalue weighted by atomic mass is 16.5. The predicted molar refractivity (Wildman–Crippen MR) is 149 cm³/mol. The first-order valence-electron chi connectivity index (χ1n) is 14.3. The number of hydrogen-bond donors (Lipinski definition) is 3. The first-order valence-corrected chi connectivity index (χ1v) is 14.3. The monoisotopic (exact) mass is 550 g/mol. The number of ether oxygens (including phenoxy) is 1. The number of benzene rings is 1. The number of H-pyrrole nitrogens is 1. The fourth-order valence-electron chi connectivity index (χ4n) is 6.40. The van der Waals surface area contributed by atoms with Crippen LogP contribution < -0.4 is 10.7 Å². The van der Waals surface area contributed by atoms with Crippen LogP contribution in [-0.2, 0) is 4.74 Å². The third-order valence-corrected chi connectivity index (χ3v) is 8.72. The number of nitrogens with zero attached hydrogens (tertiary/aromatic N) is 5. The highest BCUT2D eigenvalue weighted by Gasteiger charge is 2.38. The van der Waals surface area contributed by atoms with Gasteiger partial charge in [0, 0.05) is 56.8 Å². The summed E-state index contributed by atoms with van der Waals surface area (Å²) in [6.07, 6.45) is 3.52. The minimum absolute atomic E-state index is 0.0859. The molecule has 1 aromatic heterocycles. The number of likely N-dealkylation sites (tertiary alicyclic amines) is 2. The van der Waals surface area contributed by atoms with Crippen molar-refractivity contribution >= 4 is 23.5 Å². The first kappa shape index (κ1) is 26.7. The fraction of sp³-hybridized carbons (Fsp3) is 0.571. The SMILES string of the molecule is CN(C)C1CCN(C(=O)N2CCC(c3n[nH]c4c3C(=O)c3c(NC(=O)NN5CCOCC5)cccc3-4)CC2)CC1. The molecule has 12 heteroatoms. The Morgan fingerprint density at radius 3 is 2.33 bits per heavy atom. The van der Waals surface area contributed by atoms with Crippen LogP contribution in [0, 0.1) is 0 Å². The van der Waals surface area contributed by atoms with E-state index in [1.54, 1.807) is 11.1 Å². The van der Waals surface area contributed by atoms with Crippen LogP contribution in [0.15, 0.2) is 18.2 Å². The number of nitrogens with one attached hydrogen (secondary N) is 3. The molecule has 0 unspecified atom stereocenters. The highest BCUT2D eigenvalue weighted by Crippen LogP contribution is 2.43. The van der Waals surface area contributed by atoms with Crippen molar-refractivity contribution in [2.75, 3.05) is 71.9 Å². The number of rotatable bonds is 4. The van der Waals surface area contributed by atoms with Gasteiger partial charge in [-0.05, 0) is 45.8 Å². The Balaban J connectivity index is 1.10. The molecule has 4 heterocycles. The molecule has 3 saturated heterocycles. The Hall–Kier alpha value is -3.48. The van der Waals surface area contributed by atoms with E-state index in [0.717, 1.165) is 50.0 Å². The molecule has 0 radical (unpaired) electrons. The van der Waals surface area contributed by atoms with Crippen molar-refractivity contribution in [1.82, 2.24) is 35.3 Å². The van der Waals surface area contributed by atoms with Gasteiger partial charge in [-0.25, -0.2) is 14.6 Å².